The third-order valence-electron chi connectivity index (χ3n) is 4.39. The molecule has 1 aromatic rings. The molecule has 2 atom stereocenters. The van der Waals surface area contributed by atoms with Crippen molar-refractivity contribution in [2.75, 3.05) is 6.54 Å². The van der Waals surface area contributed by atoms with Crippen LogP contribution in [0.4, 0.5) is 4.39 Å². The summed E-state index contributed by atoms with van der Waals surface area (Å²) in [6.45, 7) is 2.33. The van der Waals surface area contributed by atoms with Crippen molar-refractivity contribution in [3.8, 4) is 0 Å². The standard InChI is InChI=1S/C17H22FNO3/c1-11-9-15(18)6-5-12(11)7-8-19-16(20)13-3-2-4-14(10-13)17(21)22/h5-6,9,13-14H,2-4,7-8,10H2,1H3,(H,19,20)(H,21,22). The van der Waals surface area contributed by atoms with Gasteiger partial charge in [-0.15, -0.1) is 0 Å². The lowest BCUT2D eigenvalue weighted by atomic mass is 9.81. The summed E-state index contributed by atoms with van der Waals surface area (Å²) in [4.78, 5) is 23.2. The van der Waals surface area contributed by atoms with E-state index in [4.69, 9.17) is 5.11 Å². The summed E-state index contributed by atoms with van der Waals surface area (Å²) in [6, 6.07) is 4.64. The summed E-state index contributed by atoms with van der Waals surface area (Å²) in [5.41, 5.74) is 1.88. The normalized spacial score (nSPS) is 21.4. The van der Waals surface area contributed by atoms with Crippen LogP contribution in [-0.4, -0.2) is 23.5 Å². The van der Waals surface area contributed by atoms with E-state index in [9.17, 15) is 14.0 Å². The topological polar surface area (TPSA) is 66.4 Å². The molecule has 1 aromatic carbocycles. The molecular weight excluding hydrogens is 285 g/mol. The molecule has 0 saturated heterocycles. The Morgan fingerprint density at radius 2 is 2.05 bits per heavy atom. The van der Waals surface area contributed by atoms with Crippen molar-refractivity contribution >= 4 is 11.9 Å². The molecule has 120 valence electrons. The lowest BCUT2D eigenvalue weighted by Gasteiger charge is -2.25. The van der Waals surface area contributed by atoms with Gasteiger partial charge in [0.05, 0.1) is 5.92 Å². The minimum Gasteiger partial charge on any atom is -0.481 e. The van der Waals surface area contributed by atoms with Gasteiger partial charge in [0.2, 0.25) is 5.91 Å². The molecule has 1 amide bonds. The van der Waals surface area contributed by atoms with Gasteiger partial charge in [0.25, 0.3) is 0 Å². The zero-order chi connectivity index (χ0) is 16.1. The van der Waals surface area contributed by atoms with Crippen LogP contribution in [0.25, 0.3) is 0 Å². The first-order valence-corrected chi connectivity index (χ1v) is 7.73. The Morgan fingerprint density at radius 1 is 1.32 bits per heavy atom. The second-order valence-electron chi connectivity index (χ2n) is 6.01. The smallest absolute Gasteiger partial charge is 0.306 e. The minimum absolute atomic E-state index is 0.0642. The van der Waals surface area contributed by atoms with E-state index < -0.39 is 11.9 Å². The van der Waals surface area contributed by atoms with Crippen LogP contribution < -0.4 is 5.32 Å². The molecule has 0 aromatic heterocycles. The second kappa shape index (κ2) is 7.38. The maximum Gasteiger partial charge on any atom is 0.306 e. The number of carboxylic acids is 1. The first kappa shape index (κ1) is 16.5. The van der Waals surface area contributed by atoms with Gasteiger partial charge in [-0.1, -0.05) is 12.5 Å². The average molecular weight is 307 g/mol. The van der Waals surface area contributed by atoms with Gasteiger partial charge in [0.1, 0.15) is 5.82 Å². The van der Waals surface area contributed by atoms with Crippen molar-refractivity contribution < 1.29 is 19.1 Å². The van der Waals surface area contributed by atoms with Gasteiger partial charge in [-0.05, 0) is 55.9 Å². The number of carboxylic acid groups (broad SMARTS) is 1. The third kappa shape index (κ3) is 4.29. The number of carbonyl (C=O) groups excluding carboxylic acids is 1. The molecule has 0 aliphatic heterocycles. The number of benzene rings is 1. The fraction of sp³-hybridized carbons (Fsp3) is 0.529. The van der Waals surface area contributed by atoms with Crippen molar-refractivity contribution in [3.05, 3.63) is 35.1 Å². The lowest BCUT2D eigenvalue weighted by Crippen LogP contribution is -2.36. The first-order chi connectivity index (χ1) is 10.5. The van der Waals surface area contributed by atoms with Crippen molar-refractivity contribution in [1.29, 1.82) is 0 Å². The third-order valence-corrected chi connectivity index (χ3v) is 4.39. The molecule has 1 saturated carbocycles. The Balaban J connectivity index is 1.81. The number of amides is 1. The summed E-state index contributed by atoms with van der Waals surface area (Å²) in [5, 5.41) is 11.9. The molecule has 0 heterocycles. The van der Waals surface area contributed by atoms with Crippen LogP contribution in [0.3, 0.4) is 0 Å². The van der Waals surface area contributed by atoms with E-state index in [1.807, 2.05) is 6.92 Å². The molecule has 2 rings (SSSR count). The van der Waals surface area contributed by atoms with E-state index >= 15 is 0 Å². The molecule has 0 bridgehead atoms. The Labute approximate surface area is 129 Å². The van der Waals surface area contributed by atoms with Crippen LogP contribution in [0.1, 0.15) is 36.8 Å². The number of halogens is 1. The molecule has 0 radical (unpaired) electrons. The number of aliphatic carboxylic acids is 1. The highest BCUT2D eigenvalue weighted by Crippen LogP contribution is 2.29. The predicted octanol–water partition coefficient (Wildman–Crippen LogP) is 2.68. The number of aryl methyl sites for hydroxylation is 1. The predicted molar refractivity (Wildman–Crippen MR) is 80.9 cm³/mol. The number of rotatable bonds is 5. The van der Waals surface area contributed by atoms with E-state index in [0.29, 0.717) is 25.8 Å². The highest BCUT2D eigenvalue weighted by Gasteiger charge is 2.30. The van der Waals surface area contributed by atoms with E-state index in [0.717, 1.165) is 24.0 Å². The number of carbonyl (C=O) groups is 2. The molecule has 4 nitrogen and oxygen atoms in total. The largest absolute Gasteiger partial charge is 0.481 e. The van der Waals surface area contributed by atoms with Gasteiger partial charge < -0.3 is 10.4 Å². The van der Waals surface area contributed by atoms with E-state index in [2.05, 4.69) is 5.32 Å². The van der Waals surface area contributed by atoms with Gasteiger partial charge in [0, 0.05) is 12.5 Å². The van der Waals surface area contributed by atoms with E-state index in [-0.39, 0.29) is 17.6 Å². The Morgan fingerprint density at radius 3 is 2.73 bits per heavy atom. The highest BCUT2D eigenvalue weighted by atomic mass is 19.1. The fourth-order valence-corrected chi connectivity index (χ4v) is 3.06. The molecule has 1 aliphatic carbocycles. The van der Waals surface area contributed by atoms with E-state index in [1.165, 1.54) is 12.1 Å². The second-order valence-corrected chi connectivity index (χ2v) is 6.01. The number of nitrogens with one attached hydrogen (secondary N) is 1. The summed E-state index contributed by atoms with van der Waals surface area (Å²) < 4.78 is 13.0. The summed E-state index contributed by atoms with van der Waals surface area (Å²) >= 11 is 0. The molecule has 0 spiro atoms. The summed E-state index contributed by atoms with van der Waals surface area (Å²) in [5.74, 6) is -1.73. The summed E-state index contributed by atoms with van der Waals surface area (Å²) in [6.07, 6.45) is 3.27. The molecule has 5 heteroatoms. The fourth-order valence-electron chi connectivity index (χ4n) is 3.06. The zero-order valence-electron chi connectivity index (χ0n) is 12.8. The highest BCUT2D eigenvalue weighted by molar-refractivity contribution is 5.80. The van der Waals surface area contributed by atoms with Crippen LogP contribution in [0, 0.1) is 24.6 Å². The van der Waals surface area contributed by atoms with Crippen LogP contribution in [0.2, 0.25) is 0 Å². The SMILES string of the molecule is Cc1cc(F)ccc1CCNC(=O)C1CCCC(C(=O)O)C1. The van der Waals surface area contributed by atoms with Gasteiger partial charge >= 0.3 is 5.97 Å². The van der Waals surface area contributed by atoms with Gasteiger partial charge in [0.15, 0.2) is 0 Å². The van der Waals surface area contributed by atoms with E-state index in [1.54, 1.807) is 6.07 Å². The maximum atomic E-state index is 13.0. The average Bonchev–Trinajstić information content (AvgIpc) is 2.49. The maximum absolute atomic E-state index is 13.0. The van der Waals surface area contributed by atoms with Gasteiger partial charge in [-0.25, -0.2) is 4.39 Å². The monoisotopic (exact) mass is 307 g/mol. The molecule has 2 unspecified atom stereocenters. The van der Waals surface area contributed by atoms with Crippen LogP contribution in [0.5, 0.6) is 0 Å². The zero-order valence-corrected chi connectivity index (χ0v) is 12.8. The van der Waals surface area contributed by atoms with Crippen LogP contribution in [0.15, 0.2) is 18.2 Å². The Hall–Kier alpha value is -1.91. The van der Waals surface area contributed by atoms with Crippen LogP contribution >= 0.6 is 0 Å². The Bertz CT molecular complexity index is 559. The minimum atomic E-state index is -0.806. The van der Waals surface area contributed by atoms with Crippen molar-refractivity contribution in [2.24, 2.45) is 11.8 Å². The molecule has 1 aliphatic rings. The summed E-state index contributed by atoms with van der Waals surface area (Å²) in [7, 11) is 0. The molecular formula is C17H22FNO3. The van der Waals surface area contributed by atoms with Crippen molar-refractivity contribution in [2.45, 2.75) is 39.0 Å². The first-order valence-electron chi connectivity index (χ1n) is 7.73. The van der Waals surface area contributed by atoms with Crippen LogP contribution in [-0.2, 0) is 16.0 Å². The Kier molecular flexibility index (Phi) is 5.52. The van der Waals surface area contributed by atoms with Crippen molar-refractivity contribution in [3.63, 3.8) is 0 Å². The molecule has 2 N–H and O–H groups in total. The number of hydrogen-bond donors (Lipinski definition) is 2. The lowest BCUT2D eigenvalue weighted by molar-refractivity contribution is -0.144. The quantitative estimate of drug-likeness (QED) is 0.879. The molecule has 22 heavy (non-hydrogen) atoms. The number of hydrogen-bond acceptors (Lipinski definition) is 2. The van der Waals surface area contributed by atoms with Gasteiger partial charge in [-0.3, -0.25) is 9.59 Å². The van der Waals surface area contributed by atoms with Crippen molar-refractivity contribution in [1.82, 2.24) is 5.32 Å². The van der Waals surface area contributed by atoms with Gasteiger partial charge in [-0.2, -0.15) is 0 Å². The molecule has 1 fully saturated rings.